The van der Waals surface area contributed by atoms with Gasteiger partial charge in [-0.3, -0.25) is 10.1 Å². The van der Waals surface area contributed by atoms with Crippen molar-refractivity contribution in [2.75, 3.05) is 7.11 Å². The van der Waals surface area contributed by atoms with Gasteiger partial charge in [0.1, 0.15) is 5.69 Å². The number of hydrogen-bond acceptors (Lipinski definition) is 5. The summed E-state index contributed by atoms with van der Waals surface area (Å²) < 4.78 is 11.4. The summed E-state index contributed by atoms with van der Waals surface area (Å²) in [5, 5.41) is 11.1. The fourth-order valence-electron chi connectivity index (χ4n) is 2.94. The van der Waals surface area contributed by atoms with E-state index in [1.54, 1.807) is 25.3 Å². The summed E-state index contributed by atoms with van der Waals surface area (Å²) in [7, 11) is 1.61. The zero-order valence-corrected chi connectivity index (χ0v) is 14.1. The maximum absolute atomic E-state index is 11.1. The Kier molecular flexibility index (Phi) is 5.28. The van der Waals surface area contributed by atoms with Gasteiger partial charge in [-0.1, -0.05) is 12.1 Å². The van der Waals surface area contributed by atoms with Crippen molar-refractivity contribution in [2.45, 2.75) is 31.8 Å². The van der Waals surface area contributed by atoms with Gasteiger partial charge in [0.25, 0.3) is 5.69 Å². The maximum Gasteiger partial charge on any atom is 0.294 e. The molecule has 0 spiro atoms. The van der Waals surface area contributed by atoms with Crippen LogP contribution in [0.2, 0.25) is 0 Å². The fourth-order valence-corrected chi connectivity index (χ4v) is 2.94. The summed E-state index contributed by atoms with van der Waals surface area (Å²) in [4.78, 5) is 14.7. The van der Waals surface area contributed by atoms with Gasteiger partial charge in [0.15, 0.2) is 11.5 Å². The lowest BCUT2D eigenvalue weighted by molar-refractivity contribution is -0.385. The van der Waals surface area contributed by atoms with E-state index in [-0.39, 0.29) is 11.8 Å². The molecule has 1 aliphatic rings. The van der Waals surface area contributed by atoms with Gasteiger partial charge < -0.3 is 9.47 Å². The number of pyridine rings is 1. The zero-order chi connectivity index (χ0) is 17.6. The minimum atomic E-state index is -0.435. The van der Waals surface area contributed by atoms with E-state index in [2.05, 4.69) is 4.98 Å². The predicted octanol–water partition coefficient (Wildman–Crippen LogP) is 4.49. The Morgan fingerprint density at radius 2 is 2.00 bits per heavy atom. The average Bonchev–Trinajstić information content (AvgIpc) is 3.13. The van der Waals surface area contributed by atoms with Gasteiger partial charge >= 0.3 is 0 Å². The molecule has 6 heteroatoms. The van der Waals surface area contributed by atoms with Crippen LogP contribution in [-0.4, -0.2) is 23.1 Å². The number of hydrogen-bond donors (Lipinski definition) is 0. The Balaban J connectivity index is 1.84. The van der Waals surface area contributed by atoms with Gasteiger partial charge in [0, 0.05) is 12.3 Å². The van der Waals surface area contributed by atoms with Gasteiger partial charge in [-0.2, -0.15) is 0 Å². The van der Waals surface area contributed by atoms with Crippen molar-refractivity contribution in [3.8, 4) is 11.5 Å². The van der Waals surface area contributed by atoms with Crippen LogP contribution in [0, 0.1) is 10.1 Å². The summed E-state index contributed by atoms with van der Waals surface area (Å²) in [5.74, 6) is 1.39. The monoisotopic (exact) mass is 340 g/mol. The third-order valence-electron chi connectivity index (χ3n) is 4.23. The van der Waals surface area contributed by atoms with Crippen molar-refractivity contribution in [3.05, 3.63) is 57.9 Å². The van der Waals surface area contributed by atoms with E-state index in [1.165, 1.54) is 25.1 Å². The third-order valence-corrected chi connectivity index (χ3v) is 4.23. The first-order valence-electron chi connectivity index (χ1n) is 8.29. The Hall–Kier alpha value is -2.89. The highest BCUT2D eigenvalue weighted by atomic mass is 16.6. The fraction of sp³-hybridized carbons (Fsp3) is 0.316. The molecule has 1 fully saturated rings. The molecule has 1 aromatic heterocycles. The van der Waals surface area contributed by atoms with E-state index in [9.17, 15) is 10.1 Å². The molecule has 1 heterocycles. The average molecular weight is 340 g/mol. The molecule has 1 aliphatic carbocycles. The number of aromatic nitrogens is 1. The van der Waals surface area contributed by atoms with Gasteiger partial charge in [0.2, 0.25) is 0 Å². The van der Waals surface area contributed by atoms with Crippen LogP contribution in [0.4, 0.5) is 5.69 Å². The van der Waals surface area contributed by atoms with E-state index in [4.69, 9.17) is 9.47 Å². The molecule has 1 aromatic carbocycles. The summed E-state index contributed by atoms with van der Waals surface area (Å²) in [6.45, 7) is 0. The maximum atomic E-state index is 11.1. The topological polar surface area (TPSA) is 74.5 Å². The molecule has 0 radical (unpaired) electrons. The Morgan fingerprint density at radius 3 is 2.72 bits per heavy atom. The molecular weight excluding hydrogens is 320 g/mol. The van der Waals surface area contributed by atoms with Crippen LogP contribution in [0.5, 0.6) is 11.5 Å². The molecule has 3 rings (SSSR count). The first-order valence-corrected chi connectivity index (χ1v) is 8.29. The third kappa shape index (κ3) is 4.15. The molecule has 0 atom stereocenters. The molecule has 1 saturated carbocycles. The summed E-state index contributed by atoms with van der Waals surface area (Å²) in [5.41, 5.74) is 1.17. The van der Waals surface area contributed by atoms with Crippen molar-refractivity contribution >= 4 is 17.8 Å². The standard InChI is InChI=1S/C19H20N2O4/c1-24-18-11-9-14(13-19(18)25-15-5-2-3-6-15)8-10-16-17(21(22)23)7-4-12-20-16/h4,7-13,15H,2-3,5-6H2,1H3. The van der Waals surface area contributed by atoms with E-state index in [1.807, 2.05) is 18.2 Å². The molecule has 0 bridgehead atoms. The second-order valence-corrected chi connectivity index (χ2v) is 5.93. The smallest absolute Gasteiger partial charge is 0.294 e. The molecule has 0 aliphatic heterocycles. The molecule has 0 saturated heterocycles. The second kappa shape index (κ2) is 7.79. The van der Waals surface area contributed by atoms with Gasteiger partial charge in [-0.25, -0.2) is 4.98 Å². The van der Waals surface area contributed by atoms with Crippen LogP contribution in [0.3, 0.4) is 0 Å². The van der Waals surface area contributed by atoms with E-state index in [0.717, 1.165) is 18.4 Å². The number of ether oxygens (including phenoxy) is 2. The minimum absolute atomic E-state index is 0.0188. The Labute approximate surface area is 146 Å². The normalized spacial score (nSPS) is 14.8. The van der Waals surface area contributed by atoms with Crippen LogP contribution >= 0.6 is 0 Å². The van der Waals surface area contributed by atoms with Gasteiger partial charge in [-0.15, -0.1) is 0 Å². The van der Waals surface area contributed by atoms with Gasteiger partial charge in [0.05, 0.1) is 18.1 Å². The Bertz CT molecular complexity index is 783. The molecule has 25 heavy (non-hydrogen) atoms. The molecule has 130 valence electrons. The van der Waals surface area contributed by atoms with Crippen molar-refractivity contribution in [1.82, 2.24) is 4.98 Å². The minimum Gasteiger partial charge on any atom is -0.493 e. The van der Waals surface area contributed by atoms with E-state index < -0.39 is 4.92 Å². The molecular formula is C19H20N2O4. The first-order chi connectivity index (χ1) is 12.2. The van der Waals surface area contributed by atoms with E-state index >= 15 is 0 Å². The largest absolute Gasteiger partial charge is 0.493 e. The second-order valence-electron chi connectivity index (χ2n) is 5.93. The highest BCUT2D eigenvalue weighted by Crippen LogP contribution is 2.33. The highest BCUT2D eigenvalue weighted by molar-refractivity contribution is 5.73. The molecule has 6 nitrogen and oxygen atoms in total. The quantitative estimate of drug-likeness (QED) is 0.572. The van der Waals surface area contributed by atoms with Crippen LogP contribution in [-0.2, 0) is 0 Å². The number of nitro groups is 1. The van der Waals surface area contributed by atoms with Crippen LogP contribution in [0.1, 0.15) is 36.9 Å². The Morgan fingerprint density at radius 1 is 1.20 bits per heavy atom. The summed E-state index contributed by atoms with van der Waals surface area (Å²) in [6, 6.07) is 8.61. The van der Waals surface area contributed by atoms with Crippen LogP contribution in [0.25, 0.3) is 12.2 Å². The molecule has 0 N–H and O–H groups in total. The predicted molar refractivity (Wildman–Crippen MR) is 95.7 cm³/mol. The van der Waals surface area contributed by atoms with Crippen molar-refractivity contribution in [1.29, 1.82) is 0 Å². The SMILES string of the molecule is COc1ccc(C=Cc2ncccc2[N+](=O)[O-])cc1OC1CCCC1. The molecule has 0 amide bonds. The van der Waals surface area contributed by atoms with Crippen molar-refractivity contribution in [2.24, 2.45) is 0 Å². The van der Waals surface area contributed by atoms with Crippen LogP contribution in [0.15, 0.2) is 36.5 Å². The highest BCUT2D eigenvalue weighted by Gasteiger charge is 2.18. The lowest BCUT2D eigenvalue weighted by Gasteiger charge is -2.16. The molecule has 0 unspecified atom stereocenters. The van der Waals surface area contributed by atoms with Crippen LogP contribution < -0.4 is 9.47 Å². The first kappa shape index (κ1) is 17.0. The lowest BCUT2D eigenvalue weighted by atomic mass is 10.1. The van der Waals surface area contributed by atoms with E-state index in [0.29, 0.717) is 17.2 Å². The van der Waals surface area contributed by atoms with Crippen molar-refractivity contribution < 1.29 is 14.4 Å². The number of rotatable bonds is 6. The zero-order valence-electron chi connectivity index (χ0n) is 14.1. The van der Waals surface area contributed by atoms with Gasteiger partial charge in [-0.05, 0) is 55.5 Å². The summed E-state index contributed by atoms with van der Waals surface area (Å²) in [6.07, 6.45) is 9.69. The number of methoxy groups -OCH3 is 1. The molecule has 2 aromatic rings. The number of nitrogens with zero attached hydrogens (tertiary/aromatic N) is 2. The number of benzene rings is 1. The lowest BCUT2D eigenvalue weighted by Crippen LogP contribution is -2.11. The van der Waals surface area contributed by atoms with Crippen molar-refractivity contribution in [3.63, 3.8) is 0 Å². The summed E-state index contributed by atoms with van der Waals surface area (Å²) >= 11 is 0.